The molecule has 2 fully saturated rings. The lowest BCUT2D eigenvalue weighted by molar-refractivity contribution is -0.119. The zero-order chi connectivity index (χ0) is 17.4. The SMILES string of the molecule is O=C1CC[C@H](/C=C(\c2ccc(C3CC3)cc2)c2ccc(Cl)c(=O)[nH]2)N1. The van der Waals surface area contributed by atoms with Gasteiger partial charge in [-0.05, 0) is 48.4 Å². The van der Waals surface area contributed by atoms with Crippen LogP contribution in [0.4, 0.5) is 0 Å². The van der Waals surface area contributed by atoms with Gasteiger partial charge in [0.05, 0.1) is 0 Å². The highest BCUT2D eigenvalue weighted by Crippen LogP contribution is 2.40. The third-order valence-electron chi connectivity index (χ3n) is 4.82. The number of rotatable bonds is 4. The highest BCUT2D eigenvalue weighted by molar-refractivity contribution is 6.30. The second kappa shape index (κ2) is 6.52. The highest BCUT2D eigenvalue weighted by Gasteiger charge is 2.24. The second-order valence-electron chi connectivity index (χ2n) is 6.74. The average Bonchev–Trinajstić information content (AvgIpc) is 3.38. The summed E-state index contributed by atoms with van der Waals surface area (Å²) in [6, 6.07) is 11.9. The minimum Gasteiger partial charge on any atom is -0.350 e. The summed E-state index contributed by atoms with van der Waals surface area (Å²) in [5.74, 6) is 0.764. The zero-order valence-electron chi connectivity index (χ0n) is 13.7. The number of hydrogen-bond acceptors (Lipinski definition) is 2. The van der Waals surface area contributed by atoms with Crippen LogP contribution >= 0.6 is 11.6 Å². The van der Waals surface area contributed by atoms with Gasteiger partial charge in [-0.15, -0.1) is 0 Å². The molecular weight excluding hydrogens is 336 g/mol. The fourth-order valence-corrected chi connectivity index (χ4v) is 3.38. The molecule has 1 aliphatic carbocycles. The summed E-state index contributed by atoms with van der Waals surface area (Å²) in [5.41, 5.74) is 3.68. The van der Waals surface area contributed by atoms with Gasteiger partial charge in [-0.3, -0.25) is 9.59 Å². The number of hydrogen-bond donors (Lipinski definition) is 2. The third-order valence-corrected chi connectivity index (χ3v) is 5.12. The van der Waals surface area contributed by atoms with Crippen molar-refractivity contribution in [2.75, 3.05) is 0 Å². The fourth-order valence-electron chi connectivity index (χ4n) is 3.27. The van der Waals surface area contributed by atoms with Crippen molar-refractivity contribution in [2.24, 2.45) is 0 Å². The van der Waals surface area contributed by atoms with Crippen LogP contribution < -0.4 is 10.9 Å². The van der Waals surface area contributed by atoms with Gasteiger partial charge in [0.15, 0.2) is 0 Å². The first kappa shape index (κ1) is 16.2. The largest absolute Gasteiger partial charge is 0.350 e. The molecule has 4 rings (SSSR count). The van der Waals surface area contributed by atoms with Crippen LogP contribution in [0.15, 0.2) is 47.3 Å². The molecule has 5 heteroatoms. The standard InChI is InChI=1S/C20H19ClN2O2/c21-17-8-9-18(23-20(17)25)16(11-15-7-10-19(24)22-15)14-5-3-13(4-6-14)12-1-2-12/h3-6,8-9,11-12,15H,1-2,7,10H2,(H,22,24)(H,23,25)/b16-11+/t15-/m1/s1. The van der Waals surface area contributed by atoms with Crippen LogP contribution in [-0.2, 0) is 4.79 Å². The highest BCUT2D eigenvalue weighted by atomic mass is 35.5. The van der Waals surface area contributed by atoms with Gasteiger partial charge in [0.2, 0.25) is 5.91 Å². The molecule has 1 aromatic carbocycles. The summed E-state index contributed by atoms with van der Waals surface area (Å²) in [7, 11) is 0. The van der Waals surface area contributed by atoms with Crippen molar-refractivity contribution in [2.45, 2.75) is 37.6 Å². The summed E-state index contributed by atoms with van der Waals surface area (Å²) >= 11 is 5.86. The van der Waals surface area contributed by atoms with Gasteiger partial charge in [0.1, 0.15) is 5.02 Å². The normalized spacial score (nSPS) is 20.6. The van der Waals surface area contributed by atoms with Gasteiger partial charge >= 0.3 is 0 Å². The molecule has 25 heavy (non-hydrogen) atoms. The molecule has 1 aliphatic heterocycles. The van der Waals surface area contributed by atoms with Crippen molar-refractivity contribution >= 4 is 23.1 Å². The summed E-state index contributed by atoms with van der Waals surface area (Å²) in [4.78, 5) is 26.3. The number of nitrogens with one attached hydrogen (secondary N) is 2. The molecule has 2 aliphatic rings. The van der Waals surface area contributed by atoms with E-state index >= 15 is 0 Å². The van der Waals surface area contributed by atoms with E-state index in [1.165, 1.54) is 18.4 Å². The molecular formula is C20H19ClN2O2. The molecule has 1 amide bonds. The molecule has 1 aromatic heterocycles. The van der Waals surface area contributed by atoms with Crippen molar-refractivity contribution in [3.05, 3.63) is 74.7 Å². The van der Waals surface area contributed by atoms with Crippen molar-refractivity contribution in [3.63, 3.8) is 0 Å². The van der Waals surface area contributed by atoms with E-state index in [2.05, 4.69) is 34.6 Å². The van der Waals surface area contributed by atoms with Gasteiger partial charge in [0, 0.05) is 23.7 Å². The lowest BCUT2D eigenvalue weighted by Crippen LogP contribution is -2.23. The van der Waals surface area contributed by atoms with Crippen LogP contribution in [0.25, 0.3) is 5.57 Å². The maximum atomic E-state index is 11.9. The van der Waals surface area contributed by atoms with Crippen LogP contribution in [0.1, 0.15) is 48.4 Å². The molecule has 2 heterocycles. The predicted octanol–water partition coefficient (Wildman–Crippen LogP) is 3.62. The Morgan fingerprint density at radius 3 is 2.40 bits per heavy atom. The summed E-state index contributed by atoms with van der Waals surface area (Å²) in [6.45, 7) is 0. The molecule has 0 spiro atoms. The number of pyridine rings is 1. The van der Waals surface area contributed by atoms with Gasteiger partial charge in [-0.25, -0.2) is 0 Å². The van der Waals surface area contributed by atoms with Gasteiger partial charge in [0.25, 0.3) is 5.56 Å². The number of aromatic amines is 1. The molecule has 1 saturated heterocycles. The van der Waals surface area contributed by atoms with E-state index in [4.69, 9.17) is 11.6 Å². The molecule has 2 aromatic rings. The van der Waals surface area contributed by atoms with Crippen LogP contribution in [0.3, 0.4) is 0 Å². The Morgan fingerprint density at radius 2 is 1.80 bits per heavy atom. The lowest BCUT2D eigenvalue weighted by atomic mass is 9.97. The van der Waals surface area contributed by atoms with Crippen molar-refractivity contribution in [3.8, 4) is 0 Å². The third kappa shape index (κ3) is 3.54. The number of H-pyrrole nitrogens is 1. The summed E-state index contributed by atoms with van der Waals surface area (Å²) in [6.07, 6.45) is 5.85. The van der Waals surface area contributed by atoms with E-state index < -0.39 is 0 Å². The molecule has 0 radical (unpaired) electrons. The minimum absolute atomic E-state index is 0.0233. The van der Waals surface area contributed by atoms with Gasteiger partial charge < -0.3 is 10.3 Å². The molecule has 1 atom stereocenters. The first-order chi connectivity index (χ1) is 12.1. The average molecular weight is 355 g/mol. The summed E-state index contributed by atoms with van der Waals surface area (Å²) in [5, 5.41) is 3.12. The fraction of sp³-hybridized carbons (Fsp3) is 0.300. The zero-order valence-corrected chi connectivity index (χ0v) is 14.5. The van der Waals surface area contributed by atoms with Crippen LogP contribution in [0, 0.1) is 0 Å². The van der Waals surface area contributed by atoms with E-state index in [1.807, 2.05) is 6.08 Å². The Morgan fingerprint density at radius 1 is 1.04 bits per heavy atom. The monoisotopic (exact) mass is 354 g/mol. The van der Waals surface area contributed by atoms with Crippen molar-refractivity contribution in [1.82, 2.24) is 10.3 Å². The summed E-state index contributed by atoms with van der Waals surface area (Å²) < 4.78 is 0. The molecule has 0 bridgehead atoms. The Bertz CT molecular complexity index is 895. The van der Waals surface area contributed by atoms with E-state index in [9.17, 15) is 9.59 Å². The molecule has 2 N–H and O–H groups in total. The molecule has 128 valence electrons. The number of amides is 1. The second-order valence-corrected chi connectivity index (χ2v) is 7.15. The van der Waals surface area contributed by atoms with Gasteiger partial charge in [-0.1, -0.05) is 41.9 Å². The van der Waals surface area contributed by atoms with E-state index in [-0.39, 0.29) is 22.5 Å². The van der Waals surface area contributed by atoms with E-state index in [0.717, 1.165) is 17.6 Å². The maximum absolute atomic E-state index is 11.9. The first-order valence-corrected chi connectivity index (χ1v) is 8.98. The Labute approximate surface area is 150 Å². The topological polar surface area (TPSA) is 62.0 Å². The molecule has 0 unspecified atom stereocenters. The number of benzene rings is 1. The van der Waals surface area contributed by atoms with Crippen LogP contribution in [-0.4, -0.2) is 16.9 Å². The van der Waals surface area contributed by atoms with Gasteiger partial charge in [-0.2, -0.15) is 0 Å². The minimum atomic E-state index is -0.310. The number of halogens is 1. The maximum Gasteiger partial charge on any atom is 0.267 e. The Hall–Kier alpha value is -2.33. The van der Waals surface area contributed by atoms with Crippen molar-refractivity contribution in [1.29, 1.82) is 0 Å². The number of aromatic nitrogens is 1. The smallest absolute Gasteiger partial charge is 0.267 e. The quantitative estimate of drug-likeness (QED) is 0.881. The lowest BCUT2D eigenvalue weighted by Gasteiger charge is -2.13. The van der Waals surface area contributed by atoms with E-state index in [1.54, 1.807) is 12.1 Å². The Kier molecular flexibility index (Phi) is 4.22. The van der Waals surface area contributed by atoms with Crippen LogP contribution in [0.2, 0.25) is 5.02 Å². The first-order valence-electron chi connectivity index (χ1n) is 8.61. The predicted molar refractivity (Wildman–Crippen MR) is 98.7 cm³/mol. The van der Waals surface area contributed by atoms with Crippen molar-refractivity contribution < 1.29 is 4.79 Å². The molecule has 4 nitrogen and oxygen atoms in total. The number of carbonyl (C=O) groups excluding carboxylic acids is 1. The molecule has 1 saturated carbocycles. The Balaban J connectivity index is 1.74. The number of carbonyl (C=O) groups is 1. The van der Waals surface area contributed by atoms with E-state index in [0.29, 0.717) is 18.0 Å². The van der Waals surface area contributed by atoms with Crippen LogP contribution in [0.5, 0.6) is 0 Å².